The topological polar surface area (TPSA) is 128 Å². The van der Waals surface area contributed by atoms with Gasteiger partial charge in [-0.05, 0) is 54.1 Å². The predicted octanol–water partition coefficient (Wildman–Crippen LogP) is 3.09. The van der Waals surface area contributed by atoms with Gasteiger partial charge in [0, 0.05) is 43.6 Å². The summed E-state index contributed by atoms with van der Waals surface area (Å²) in [5, 5.41) is 5.59. The molecule has 0 bridgehead atoms. The fraction of sp³-hybridized carbons (Fsp3) is 0.286. The van der Waals surface area contributed by atoms with E-state index in [0.717, 1.165) is 49.6 Å². The van der Waals surface area contributed by atoms with E-state index in [-0.39, 0.29) is 12.4 Å². The number of ether oxygens (including phenoxy) is 2. The van der Waals surface area contributed by atoms with E-state index >= 15 is 0 Å². The van der Waals surface area contributed by atoms with E-state index < -0.39 is 6.09 Å². The number of carbonyl (C=O) groups is 1. The zero-order valence-corrected chi connectivity index (χ0v) is 21.5. The highest BCUT2D eigenvalue weighted by atomic mass is 16.5. The first-order valence-corrected chi connectivity index (χ1v) is 12.1. The maximum Gasteiger partial charge on any atom is 0.412 e. The number of pyridine rings is 1. The standard InChI is InChI=1S/C28H38N6O3/c1-5-24(8-7-11-29)25(9-12-30)19-26(21(3)32-22(4)33-28(35)37-6-2)27-18-23(10-13-31-27)20-34-14-16-36-17-15-34/h5,7-11,13,18-19,32H,1,3-4,6,12,14-17,20,29-30H2,2H3,(H,33,35)/b11-7-,24-8+,25-9+,26-19+. The monoisotopic (exact) mass is 506 g/mol. The van der Waals surface area contributed by atoms with Crippen LogP contribution in [-0.2, 0) is 16.0 Å². The van der Waals surface area contributed by atoms with Gasteiger partial charge in [0.25, 0.3) is 0 Å². The summed E-state index contributed by atoms with van der Waals surface area (Å²) in [6.07, 6.45) is 11.7. The third-order valence-electron chi connectivity index (χ3n) is 5.34. The number of nitrogens with one attached hydrogen (secondary N) is 2. The summed E-state index contributed by atoms with van der Waals surface area (Å²) < 4.78 is 10.4. The van der Waals surface area contributed by atoms with Crippen molar-refractivity contribution in [3.05, 3.63) is 109 Å². The molecule has 37 heavy (non-hydrogen) atoms. The molecule has 1 aromatic rings. The number of hydrogen-bond acceptors (Lipinski definition) is 8. The zero-order valence-electron chi connectivity index (χ0n) is 21.5. The molecule has 0 spiro atoms. The third kappa shape index (κ3) is 9.92. The third-order valence-corrected chi connectivity index (χ3v) is 5.34. The van der Waals surface area contributed by atoms with Crippen LogP contribution in [0.15, 0.2) is 97.3 Å². The van der Waals surface area contributed by atoms with Crippen molar-refractivity contribution in [1.82, 2.24) is 20.5 Å². The first kappa shape index (κ1) is 29.3. The van der Waals surface area contributed by atoms with E-state index in [4.69, 9.17) is 20.9 Å². The Morgan fingerprint density at radius 1 is 1.27 bits per heavy atom. The average Bonchev–Trinajstić information content (AvgIpc) is 2.88. The number of aromatic nitrogens is 1. The Hall–Kier alpha value is -3.92. The molecule has 1 aromatic heterocycles. The summed E-state index contributed by atoms with van der Waals surface area (Å²) >= 11 is 0. The lowest BCUT2D eigenvalue weighted by atomic mass is 9.98. The van der Waals surface area contributed by atoms with Crippen molar-refractivity contribution in [2.75, 3.05) is 39.5 Å². The Bertz CT molecular complexity index is 1080. The van der Waals surface area contributed by atoms with E-state index in [0.29, 0.717) is 23.5 Å². The summed E-state index contributed by atoms with van der Waals surface area (Å²) in [5.41, 5.74) is 16.0. The molecule has 2 rings (SSSR count). The maximum absolute atomic E-state index is 11.8. The molecule has 1 amide bonds. The molecule has 0 aliphatic carbocycles. The number of allylic oxidation sites excluding steroid dienone is 7. The Balaban J connectivity index is 2.47. The fourth-order valence-electron chi connectivity index (χ4n) is 3.61. The van der Waals surface area contributed by atoms with Crippen LogP contribution < -0.4 is 22.1 Å². The van der Waals surface area contributed by atoms with E-state index in [2.05, 4.69) is 40.3 Å². The SMILES string of the molecule is C=CC(=C\C=C/N)/C(=C/CN)/C=C(\C(=C)NC(=C)NC(=O)OCC)c1cc(CN2CCOCC2)ccn1. The highest BCUT2D eigenvalue weighted by Gasteiger charge is 2.15. The highest BCUT2D eigenvalue weighted by Crippen LogP contribution is 2.25. The fourth-order valence-corrected chi connectivity index (χ4v) is 3.61. The summed E-state index contributed by atoms with van der Waals surface area (Å²) in [6.45, 7) is 18.2. The molecule has 0 radical (unpaired) electrons. The quantitative estimate of drug-likeness (QED) is 0.301. The lowest BCUT2D eigenvalue weighted by molar-refractivity contribution is 0.0342. The van der Waals surface area contributed by atoms with Gasteiger partial charge in [-0.1, -0.05) is 38.0 Å². The van der Waals surface area contributed by atoms with Crippen molar-refractivity contribution in [3.8, 4) is 0 Å². The van der Waals surface area contributed by atoms with Gasteiger partial charge in [0.1, 0.15) is 5.82 Å². The minimum absolute atomic E-state index is 0.216. The normalized spacial score (nSPS) is 15.4. The van der Waals surface area contributed by atoms with Gasteiger partial charge in [-0.3, -0.25) is 15.2 Å². The Morgan fingerprint density at radius 3 is 2.68 bits per heavy atom. The van der Waals surface area contributed by atoms with Gasteiger partial charge in [0.15, 0.2) is 0 Å². The minimum atomic E-state index is -0.613. The molecule has 1 fully saturated rings. The van der Waals surface area contributed by atoms with Crippen molar-refractivity contribution in [2.24, 2.45) is 11.5 Å². The molecule has 2 heterocycles. The molecule has 0 atom stereocenters. The Morgan fingerprint density at radius 2 is 2.03 bits per heavy atom. The summed E-state index contributed by atoms with van der Waals surface area (Å²) in [6, 6.07) is 4.01. The van der Waals surface area contributed by atoms with Gasteiger partial charge in [0.2, 0.25) is 0 Å². The van der Waals surface area contributed by atoms with Crippen LogP contribution in [0, 0.1) is 0 Å². The van der Waals surface area contributed by atoms with Gasteiger partial charge >= 0.3 is 6.09 Å². The van der Waals surface area contributed by atoms with Crippen LogP contribution >= 0.6 is 0 Å². The molecule has 0 aromatic carbocycles. The van der Waals surface area contributed by atoms with Crippen molar-refractivity contribution < 1.29 is 14.3 Å². The van der Waals surface area contributed by atoms with Crippen LogP contribution in [0.2, 0.25) is 0 Å². The van der Waals surface area contributed by atoms with Crippen molar-refractivity contribution in [3.63, 3.8) is 0 Å². The van der Waals surface area contributed by atoms with E-state index in [1.54, 1.807) is 25.3 Å². The Labute approximate surface area is 219 Å². The van der Waals surface area contributed by atoms with Crippen LogP contribution in [0.4, 0.5) is 4.79 Å². The van der Waals surface area contributed by atoms with E-state index in [9.17, 15) is 4.79 Å². The second-order valence-electron chi connectivity index (χ2n) is 8.03. The molecular formula is C28H38N6O3. The minimum Gasteiger partial charge on any atom is -0.450 e. The first-order valence-electron chi connectivity index (χ1n) is 12.1. The zero-order chi connectivity index (χ0) is 27.0. The smallest absolute Gasteiger partial charge is 0.412 e. The number of hydrogen-bond donors (Lipinski definition) is 4. The van der Waals surface area contributed by atoms with Crippen LogP contribution in [0.1, 0.15) is 18.2 Å². The predicted molar refractivity (Wildman–Crippen MR) is 149 cm³/mol. The number of nitrogens with zero attached hydrogens (tertiary/aromatic N) is 2. The second kappa shape index (κ2) is 15.9. The van der Waals surface area contributed by atoms with Gasteiger partial charge in [-0.15, -0.1) is 0 Å². The molecule has 9 heteroatoms. The van der Waals surface area contributed by atoms with Gasteiger partial charge < -0.3 is 26.3 Å². The number of amides is 1. The average molecular weight is 507 g/mol. The highest BCUT2D eigenvalue weighted by molar-refractivity contribution is 5.80. The maximum atomic E-state index is 11.8. The summed E-state index contributed by atoms with van der Waals surface area (Å²) in [5.74, 6) is 0.216. The molecule has 198 valence electrons. The van der Waals surface area contributed by atoms with Crippen molar-refractivity contribution >= 4 is 11.7 Å². The number of nitrogens with two attached hydrogens (primary N) is 2. The number of alkyl carbamates (subject to hydrolysis) is 1. The lowest BCUT2D eigenvalue weighted by Gasteiger charge is -2.26. The molecular weight excluding hydrogens is 468 g/mol. The number of carbonyl (C=O) groups excluding carboxylic acids is 1. The van der Waals surface area contributed by atoms with E-state index in [1.165, 1.54) is 6.20 Å². The van der Waals surface area contributed by atoms with Crippen LogP contribution in [-0.4, -0.2) is 55.4 Å². The van der Waals surface area contributed by atoms with Crippen LogP contribution in [0.5, 0.6) is 0 Å². The molecule has 9 nitrogen and oxygen atoms in total. The largest absolute Gasteiger partial charge is 0.450 e. The second-order valence-corrected chi connectivity index (χ2v) is 8.03. The van der Waals surface area contributed by atoms with Gasteiger partial charge in [0.05, 0.1) is 25.5 Å². The number of rotatable bonds is 13. The summed E-state index contributed by atoms with van der Waals surface area (Å²) in [4.78, 5) is 18.8. The van der Waals surface area contributed by atoms with Crippen LogP contribution in [0.3, 0.4) is 0 Å². The molecule has 1 aliphatic rings. The van der Waals surface area contributed by atoms with E-state index in [1.807, 2.05) is 30.4 Å². The summed E-state index contributed by atoms with van der Waals surface area (Å²) in [7, 11) is 0. The molecule has 0 unspecified atom stereocenters. The van der Waals surface area contributed by atoms with Crippen molar-refractivity contribution in [2.45, 2.75) is 13.5 Å². The lowest BCUT2D eigenvalue weighted by Crippen LogP contribution is -2.35. The van der Waals surface area contributed by atoms with Gasteiger partial charge in [-0.2, -0.15) is 0 Å². The molecule has 6 N–H and O–H groups in total. The first-order chi connectivity index (χ1) is 17.9. The van der Waals surface area contributed by atoms with Gasteiger partial charge in [-0.25, -0.2) is 4.79 Å². The molecule has 1 aliphatic heterocycles. The Kier molecular flexibility index (Phi) is 12.6. The van der Waals surface area contributed by atoms with Crippen molar-refractivity contribution in [1.29, 1.82) is 0 Å². The number of morpholine rings is 1. The molecule has 0 saturated carbocycles. The molecule has 1 saturated heterocycles. The van der Waals surface area contributed by atoms with Crippen LogP contribution in [0.25, 0.3) is 5.57 Å².